The lowest BCUT2D eigenvalue weighted by molar-refractivity contribution is -0.287. The molecule has 88 heavy (non-hydrogen) atoms. The van der Waals surface area contributed by atoms with Gasteiger partial charge in [0.05, 0.1) is 39.3 Å². The van der Waals surface area contributed by atoms with Crippen LogP contribution in [0.25, 0.3) is 11.1 Å². The summed E-state index contributed by atoms with van der Waals surface area (Å²) >= 11 is 0.000473. The van der Waals surface area contributed by atoms with Gasteiger partial charge in [0.1, 0.15) is 31.3 Å². The number of nitrogens with two attached hydrogens (primary N) is 1. The summed E-state index contributed by atoms with van der Waals surface area (Å²) in [5, 5.41) is 175. The number of carboxylic acids is 3. The second kappa shape index (κ2) is 22.7. The number of aliphatic carboxylic acids is 3. The Morgan fingerprint density at radius 3 is 1.81 bits per heavy atom. The summed E-state index contributed by atoms with van der Waals surface area (Å²) in [4.78, 5) is 138. The van der Waals surface area contributed by atoms with E-state index < -0.39 is 271 Å². The summed E-state index contributed by atoms with van der Waals surface area (Å²) in [5.74, 6) is -44.3. The topological polar surface area (TPSA) is 609 Å². The van der Waals surface area contributed by atoms with E-state index in [0.29, 0.717) is 30.3 Å². The van der Waals surface area contributed by atoms with Gasteiger partial charge in [0, 0.05) is 28.9 Å². The van der Waals surface area contributed by atoms with Crippen molar-refractivity contribution in [2.75, 3.05) is 18.9 Å². The number of phenolic OH excluding ortho intramolecular Hbond substituents is 11. The monoisotopic (exact) mass is 1260 g/mol. The van der Waals surface area contributed by atoms with Crippen molar-refractivity contribution in [2.24, 2.45) is 11.7 Å². The lowest BCUT2D eigenvalue weighted by Gasteiger charge is -2.44. The second-order valence-corrected chi connectivity index (χ2v) is 21.1. The van der Waals surface area contributed by atoms with Gasteiger partial charge < -0.3 is 131 Å². The molecular weight excluding hydrogens is 1210 g/mol. The van der Waals surface area contributed by atoms with E-state index in [1.165, 1.54) is 0 Å². The number of fused-ring (bicyclic) bond motifs is 3. The number of nitrogens with one attached hydrogen (secondary N) is 2. The highest BCUT2D eigenvalue weighted by molar-refractivity contribution is 8.00. The Morgan fingerprint density at radius 2 is 1.23 bits per heavy atom. The quantitative estimate of drug-likeness (QED) is 0.0343. The molecule has 0 aromatic heterocycles. The number of cyclic esters (lactones) is 1. The third-order valence-electron chi connectivity index (χ3n) is 14.7. The lowest BCUT2D eigenvalue weighted by atomic mass is 9.83. The number of rotatable bonds is 14. The number of phenols is 11. The van der Waals surface area contributed by atoms with E-state index in [2.05, 4.69) is 5.32 Å². The first-order valence-electron chi connectivity index (χ1n) is 25.1. The molecular formula is C51H45N3O33S. The molecule has 4 heterocycles. The number of ether oxygens (including phenoxy) is 7. The molecule has 0 radical (unpaired) electrons. The van der Waals surface area contributed by atoms with Crippen LogP contribution in [0.5, 0.6) is 69.0 Å². The van der Waals surface area contributed by atoms with Gasteiger partial charge in [0.15, 0.2) is 64.0 Å². The number of aliphatic hydroxyl groups is 2. The molecule has 1 saturated heterocycles. The maximum atomic E-state index is 15.7. The zero-order valence-corrected chi connectivity index (χ0v) is 44.6. The van der Waals surface area contributed by atoms with Crippen LogP contribution in [0.15, 0.2) is 30.3 Å². The highest BCUT2D eigenvalue weighted by Gasteiger charge is 2.81. The zero-order valence-electron chi connectivity index (χ0n) is 43.8. The Labute approximate surface area is 490 Å². The first-order valence-corrected chi connectivity index (χ1v) is 26.1. The van der Waals surface area contributed by atoms with E-state index >= 15 is 14.4 Å². The normalized spacial score (nSPS) is 25.7. The van der Waals surface area contributed by atoms with Crippen LogP contribution < -0.4 is 21.1 Å². The molecule has 9 rings (SSSR count). The Bertz CT molecular complexity index is 3700. The molecule has 5 aliphatic rings. The van der Waals surface area contributed by atoms with E-state index in [4.69, 9.17) is 38.9 Å². The maximum absolute atomic E-state index is 15.7. The van der Waals surface area contributed by atoms with Crippen LogP contribution in [0.3, 0.4) is 0 Å². The third-order valence-corrected chi connectivity index (χ3v) is 16.2. The fourth-order valence-corrected chi connectivity index (χ4v) is 12.1. The highest BCUT2D eigenvalue weighted by Crippen LogP contribution is 2.66. The molecule has 2 fully saturated rings. The van der Waals surface area contributed by atoms with Crippen molar-refractivity contribution >= 4 is 71.3 Å². The van der Waals surface area contributed by atoms with Crippen LogP contribution in [-0.4, -0.2) is 220 Å². The fraction of sp³-hybridized carbons (Fsp3) is 0.333. The van der Waals surface area contributed by atoms with E-state index in [-0.39, 0.29) is 11.8 Å². The molecule has 1 aliphatic carbocycles. The maximum Gasteiger partial charge on any atom is 0.344 e. The Hall–Kier alpha value is -10.6. The molecule has 2 amide bonds. The minimum atomic E-state index is -4.04. The summed E-state index contributed by atoms with van der Waals surface area (Å²) in [6.45, 7) is -2.61. The number of benzene rings is 4. The number of hydrogen-bond donors (Lipinski definition) is 19. The number of amides is 2. The van der Waals surface area contributed by atoms with Crippen molar-refractivity contribution in [2.45, 2.75) is 78.2 Å². The van der Waals surface area contributed by atoms with Gasteiger partial charge in [-0.3, -0.25) is 24.0 Å². The Balaban J connectivity index is 1.25. The zero-order chi connectivity index (χ0) is 64.7. The van der Waals surface area contributed by atoms with E-state index in [0.717, 1.165) is 0 Å². The van der Waals surface area contributed by atoms with Crippen molar-refractivity contribution in [3.8, 4) is 80.1 Å². The minimum absolute atomic E-state index is 0.000473. The summed E-state index contributed by atoms with van der Waals surface area (Å²) in [5.41, 5.74) is -6.40. The van der Waals surface area contributed by atoms with Gasteiger partial charge in [-0.1, -0.05) is 0 Å². The van der Waals surface area contributed by atoms with E-state index in [1.807, 2.05) is 5.32 Å². The average molecular weight is 1260 g/mol. The number of carboxylic acid groups (broad SMARTS) is 3. The predicted octanol–water partition coefficient (Wildman–Crippen LogP) is -2.87. The van der Waals surface area contributed by atoms with Crippen molar-refractivity contribution in [3.05, 3.63) is 58.1 Å². The first kappa shape index (κ1) is 61.9. The van der Waals surface area contributed by atoms with Gasteiger partial charge in [-0.25, -0.2) is 24.0 Å². The molecule has 4 aromatic rings. The molecule has 4 aromatic carbocycles. The molecule has 37 heteroatoms. The number of esters is 5. The fourth-order valence-electron chi connectivity index (χ4n) is 10.5. The molecule has 36 nitrogen and oxygen atoms in total. The third kappa shape index (κ3) is 10.3. The molecule has 4 bridgehead atoms. The number of thioether (sulfide) groups is 1. The number of carbonyl (C=O) groups is 10. The van der Waals surface area contributed by atoms with Crippen LogP contribution in [-0.2, 0) is 57.2 Å². The Morgan fingerprint density at radius 1 is 0.682 bits per heavy atom. The van der Waals surface area contributed by atoms with Gasteiger partial charge in [-0.05, 0) is 36.8 Å². The van der Waals surface area contributed by atoms with Crippen molar-refractivity contribution < 1.29 is 163 Å². The molecule has 12 atom stereocenters. The van der Waals surface area contributed by atoms with E-state index in [1.54, 1.807) is 0 Å². The van der Waals surface area contributed by atoms with Gasteiger partial charge in [0.25, 0.3) is 5.79 Å². The van der Waals surface area contributed by atoms with Crippen molar-refractivity contribution in [3.63, 3.8) is 0 Å². The minimum Gasteiger partial charge on any atom is -0.504 e. The number of carbonyl (C=O) groups excluding carboxylic acids is 7. The average Bonchev–Trinajstić information content (AvgIpc) is 1.52. The largest absolute Gasteiger partial charge is 0.504 e. The highest BCUT2D eigenvalue weighted by atomic mass is 32.2. The van der Waals surface area contributed by atoms with Crippen LogP contribution in [0.2, 0.25) is 0 Å². The van der Waals surface area contributed by atoms with E-state index in [9.17, 15) is 115 Å². The smallest absolute Gasteiger partial charge is 0.344 e. The predicted molar refractivity (Wildman–Crippen MR) is 274 cm³/mol. The summed E-state index contributed by atoms with van der Waals surface area (Å²) in [6, 6.07) is -1.67. The summed E-state index contributed by atoms with van der Waals surface area (Å²) < 4.78 is 40.2. The van der Waals surface area contributed by atoms with Crippen LogP contribution in [0, 0.1) is 5.92 Å². The van der Waals surface area contributed by atoms with Crippen LogP contribution >= 0.6 is 11.8 Å². The lowest BCUT2D eigenvalue weighted by Crippen LogP contribution is -2.64. The van der Waals surface area contributed by atoms with Crippen molar-refractivity contribution in [1.29, 1.82) is 0 Å². The van der Waals surface area contributed by atoms with Crippen LogP contribution in [0.4, 0.5) is 0 Å². The van der Waals surface area contributed by atoms with Crippen molar-refractivity contribution in [1.82, 2.24) is 10.6 Å². The molecule has 4 aliphatic heterocycles. The summed E-state index contributed by atoms with van der Waals surface area (Å²) in [6.07, 6.45) is -14.6. The molecule has 20 N–H and O–H groups in total. The number of hydrogen-bond acceptors (Lipinski definition) is 32. The van der Waals surface area contributed by atoms with Gasteiger partial charge in [-0.2, -0.15) is 11.8 Å². The molecule has 468 valence electrons. The SMILES string of the molecule is N[C@@H](CCC(=O)NC(CS[C@H]1[C@@H]2C(=O)O[C@H]3[C@@H]4OC(=O)c5cc(O)c(O)c(O)c5-c5c(cc(O)c(O)c5O)C(=O)OC[C@H]3O[C@@H](OC(=O)c3cc(O)c(O)c(O)c3)[C@@H]4OC(=O)c3cc(O)c(O)c4c3[C@H]2[C@@](O)(O4)C1(O)C(=O)O)C(=O)NCC(=O)O)C(=O)O. The van der Waals surface area contributed by atoms with Gasteiger partial charge >= 0.3 is 47.8 Å². The summed E-state index contributed by atoms with van der Waals surface area (Å²) in [7, 11) is 0. The van der Waals surface area contributed by atoms with Gasteiger partial charge in [-0.15, -0.1) is 0 Å². The molecule has 0 spiro atoms. The Kier molecular flexibility index (Phi) is 15.9. The second-order valence-electron chi connectivity index (χ2n) is 20.0. The van der Waals surface area contributed by atoms with Crippen LogP contribution in [0.1, 0.15) is 65.8 Å². The standard InChI is InChI=1S/C51H45N3O33S/c52-15(42(70)71)1-2-23(60)54-16(41(69)53-8-24(61)62)10-88-40-28-29-27-14(7-21(59)33(66)37(27)87-51(29,80)50(40,79)49(77)78)46(75)85-39-38-36(83-47(28)76)22(82-48(39)86-43(72)11-3-17(55)30(63)18(56)4-11)9-81-44(73)12-5-19(57)31(64)34(67)25(12)26-13(45(74)84-38)6-20(58)32(65)35(26)68/h3-7,15-16,22,28-29,36,38-40,48,55-59,63-68,79-80H,1-2,8-10,52H2,(H,53,69)(H,54,60)(H,61,62)(H,70,71)(H,77,78)/t15-,16?,22+,28+,29+,36+,38-,39+,40-,48-,50?,51+/m0/s1. The molecule has 1 saturated carbocycles. The van der Waals surface area contributed by atoms with Gasteiger partial charge in [0.2, 0.25) is 47.1 Å². The first-order chi connectivity index (χ1) is 41.2. The molecule has 2 unspecified atom stereocenters. The number of aromatic hydroxyl groups is 11.